The fourth-order valence-corrected chi connectivity index (χ4v) is 3.21. The van der Waals surface area contributed by atoms with E-state index in [4.69, 9.17) is 0 Å². The number of hydrogen-bond acceptors (Lipinski definition) is 5. The second-order valence-corrected chi connectivity index (χ2v) is 6.49. The molecule has 1 N–H and O–H groups in total. The largest absolute Gasteiger partial charge is 0.298 e. The third-order valence-electron chi connectivity index (χ3n) is 3.22. The summed E-state index contributed by atoms with van der Waals surface area (Å²) in [7, 11) is 0. The minimum atomic E-state index is -0.450. The lowest BCUT2D eigenvalue weighted by Gasteiger charge is -2.03. The highest BCUT2D eigenvalue weighted by Crippen LogP contribution is 2.27. The Morgan fingerprint density at radius 3 is 2.54 bits per heavy atom. The van der Waals surface area contributed by atoms with Crippen LogP contribution in [-0.4, -0.2) is 15.8 Å². The number of nitrogens with zero attached hydrogens (tertiary/aromatic N) is 2. The molecule has 0 aliphatic heterocycles. The first-order valence-corrected chi connectivity index (χ1v) is 8.48. The molecule has 0 saturated heterocycles. The van der Waals surface area contributed by atoms with Crippen LogP contribution in [0.15, 0.2) is 58.4 Å². The molecule has 0 saturated carbocycles. The number of nitro benzene ring substituents is 1. The molecule has 0 bridgehead atoms. The van der Waals surface area contributed by atoms with Crippen molar-refractivity contribution in [3.63, 3.8) is 0 Å². The third-order valence-corrected chi connectivity index (χ3v) is 4.67. The molecule has 1 aromatic heterocycles. The molecule has 8 heteroatoms. The standard InChI is InChI=1S/C16H10BrN3O3S/c17-13-4-2-1-3-12(13)15(21)19-16-18-14(9-24-16)10-5-7-11(8-6-10)20(22)23/h1-9H,(H,18,19,21). The number of anilines is 1. The van der Waals surface area contributed by atoms with E-state index in [9.17, 15) is 14.9 Å². The third kappa shape index (κ3) is 3.50. The van der Waals surface area contributed by atoms with Crippen molar-refractivity contribution in [2.45, 2.75) is 0 Å². The van der Waals surface area contributed by atoms with E-state index in [2.05, 4.69) is 26.2 Å². The SMILES string of the molecule is O=C(Nc1nc(-c2ccc([N+](=O)[O-])cc2)cs1)c1ccccc1Br. The van der Waals surface area contributed by atoms with Crippen LogP contribution < -0.4 is 5.32 Å². The zero-order valence-electron chi connectivity index (χ0n) is 12.1. The highest BCUT2D eigenvalue weighted by Gasteiger charge is 2.13. The minimum absolute atomic E-state index is 0.0245. The molecule has 0 unspecified atom stereocenters. The Bertz CT molecular complexity index is 909. The Morgan fingerprint density at radius 2 is 1.88 bits per heavy atom. The van der Waals surface area contributed by atoms with E-state index in [1.807, 2.05) is 6.07 Å². The van der Waals surface area contributed by atoms with Crippen molar-refractivity contribution in [2.75, 3.05) is 5.32 Å². The molecule has 3 rings (SSSR count). The molecule has 120 valence electrons. The van der Waals surface area contributed by atoms with E-state index in [0.29, 0.717) is 20.9 Å². The van der Waals surface area contributed by atoms with Gasteiger partial charge in [0.25, 0.3) is 11.6 Å². The highest BCUT2D eigenvalue weighted by molar-refractivity contribution is 9.10. The van der Waals surface area contributed by atoms with Gasteiger partial charge in [-0.1, -0.05) is 12.1 Å². The lowest BCUT2D eigenvalue weighted by atomic mass is 10.1. The summed E-state index contributed by atoms with van der Waals surface area (Å²) in [4.78, 5) is 26.8. The Balaban J connectivity index is 1.77. The van der Waals surface area contributed by atoms with Crippen molar-refractivity contribution in [3.05, 3.63) is 74.1 Å². The summed E-state index contributed by atoms with van der Waals surface area (Å²) in [6.45, 7) is 0. The fourth-order valence-electron chi connectivity index (χ4n) is 2.03. The number of aromatic nitrogens is 1. The molecule has 3 aromatic rings. The molecular weight excluding hydrogens is 394 g/mol. The van der Waals surface area contributed by atoms with E-state index in [1.54, 1.807) is 35.7 Å². The number of non-ortho nitro benzene ring substituents is 1. The summed E-state index contributed by atoms with van der Waals surface area (Å²) in [6.07, 6.45) is 0. The molecule has 24 heavy (non-hydrogen) atoms. The zero-order valence-corrected chi connectivity index (χ0v) is 14.5. The van der Waals surface area contributed by atoms with Crippen molar-refractivity contribution in [3.8, 4) is 11.3 Å². The predicted molar refractivity (Wildman–Crippen MR) is 96.3 cm³/mol. The zero-order chi connectivity index (χ0) is 17.1. The second kappa shape index (κ2) is 6.90. The number of nitro groups is 1. The van der Waals surface area contributed by atoms with E-state index < -0.39 is 4.92 Å². The van der Waals surface area contributed by atoms with Crippen LogP contribution in [0.3, 0.4) is 0 Å². The van der Waals surface area contributed by atoms with Gasteiger partial charge in [0, 0.05) is 27.5 Å². The Morgan fingerprint density at radius 1 is 1.17 bits per heavy atom. The first kappa shape index (κ1) is 16.3. The van der Waals surface area contributed by atoms with Gasteiger partial charge in [-0.2, -0.15) is 0 Å². The van der Waals surface area contributed by atoms with Gasteiger partial charge in [-0.15, -0.1) is 11.3 Å². The van der Waals surface area contributed by atoms with Gasteiger partial charge in [0.15, 0.2) is 5.13 Å². The van der Waals surface area contributed by atoms with Gasteiger partial charge < -0.3 is 0 Å². The summed E-state index contributed by atoms with van der Waals surface area (Å²) in [5, 5.41) is 15.7. The molecule has 0 fully saturated rings. The number of hydrogen-bond donors (Lipinski definition) is 1. The lowest BCUT2D eigenvalue weighted by Crippen LogP contribution is -2.12. The maximum Gasteiger partial charge on any atom is 0.269 e. The summed E-state index contributed by atoms with van der Waals surface area (Å²) in [6, 6.07) is 13.2. The molecule has 0 radical (unpaired) electrons. The smallest absolute Gasteiger partial charge is 0.269 e. The van der Waals surface area contributed by atoms with Crippen molar-refractivity contribution in [1.29, 1.82) is 0 Å². The first-order valence-electron chi connectivity index (χ1n) is 6.81. The van der Waals surface area contributed by atoms with Crippen LogP contribution in [0.5, 0.6) is 0 Å². The average Bonchev–Trinajstić information content (AvgIpc) is 3.03. The number of nitrogens with one attached hydrogen (secondary N) is 1. The molecule has 0 aliphatic rings. The summed E-state index contributed by atoms with van der Waals surface area (Å²) in [5.74, 6) is -0.257. The van der Waals surface area contributed by atoms with Crippen LogP contribution in [0.4, 0.5) is 10.8 Å². The number of halogens is 1. The van der Waals surface area contributed by atoms with E-state index in [1.165, 1.54) is 23.5 Å². The van der Waals surface area contributed by atoms with Crippen molar-refractivity contribution in [2.24, 2.45) is 0 Å². The monoisotopic (exact) mass is 403 g/mol. The Kier molecular flexibility index (Phi) is 4.68. The number of benzene rings is 2. The summed E-state index contributed by atoms with van der Waals surface area (Å²) in [5.41, 5.74) is 1.94. The van der Waals surface area contributed by atoms with Gasteiger partial charge in [0.2, 0.25) is 0 Å². The number of amides is 1. The lowest BCUT2D eigenvalue weighted by molar-refractivity contribution is -0.384. The van der Waals surface area contributed by atoms with Gasteiger partial charge in [0.05, 0.1) is 16.2 Å². The van der Waals surface area contributed by atoms with Gasteiger partial charge >= 0.3 is 0 Å². The molecule has 1 heterocycles. The maximum atomic E-state index is 12.3. The fraction of sp³-hybridized carbons (Fsp3) is 0. The van der Waals surface area contributed by atoms with Crippen LogP contribution >= 0.6 is 27.3 Å². The molecule has 1 amide bonds. The van der Waals surface area contributed by atoms with Crippen molar-refractivity contribution < 1.29 is 9.72 Å². The summed E-state index contributed by atoms with van der Waals surface area (Å²) < 4.78 is 0.703. The van der Waals surface area contributed by atoms with Crippen LogP contribution in [0.2, 0.25) is 0 Å². The quantitative estimate of drug-likeness (QED) is 0.503. The molecular formula is C16H10BrN3O3S. The van der Waals surface area contributed by atoms with Crippen LogP contribution in [0.1, 0.15) is 10.4 Å². The minimum Gasteiger partial charge on any atom is -0.298 e. The van der Waals surface area contributed by atoms with Gasteiger partial charge in [-0.3, -0.25) is 20.2 Å². The van der Waals surface area contributed by atoms with Gasteiger partial charge in [-0.25, -0.2) is 4.98 Å². The van der Waals surface area contributed by atoms with E-state index in [-0.39, 0.29) is 11.6 Å². The maximum absolute atomic E-state index is 12.3. The van der Waals surface area contributed by atoms with E-state index in [0.717, 1.165) is 5.56 Å². The average molecular weight is 404 g/mol. The second-order valence-electron chi connectivity index (χ2n) is 4.78. The van der Waals surface area contributed by atoms with Crippen LogP contribution in [0.25, 0.3) is 11.3 Å². The number of thiazole rings is 1. The molecule has 2 aromatic carbocycles. The topological polar surface area (TPSA) is 85.1 Å². The first-order chi connectivity index (χ1) is 11.5. The van der Waals surface area contributed by atoms with Crippen LogP contribution in [0, 0.1) is 10.1 Å². The molecule has 6 nitrogen and oxygen atoms in total. The Hall–Kier alpha value is -2.58. The Labute approximate surface area is 149 Å². The number of rotatable bonds is 4. The van der Waals surface area contributed by atoms with Crippen molar-refractivity contribution >= 4 is 44.0 Å². The van der Waals surface area contributed by atoms with Crippen molar-refractivity contribution in [1.82, 2.24) is 4.98 Å². The summed E-state index contributed by atoms with van der Waals surface area (Å²) >= 11 is 4.63. The number of carbonyl (C=O) groups excluding carboxylic acids is 1. The van der Waals surface area contributed by atoms with E-state index >= 15 is 0 Å². The molecule has 0 aliphatic carbocycles. The van der Waals surface area contributed by atoms with Gasteiger partial charge in [-0.05, 0) is 40.2 Å². The van der Waals surface area contributed by atoms with Gasteiger partial charge in [0.1, 0.15) is 0 Å². The molecule has 0 spiro atoms. The molecule has 0 atom stereocenters. The van der Waals surface area contributed by atoms with Crippen LogP contribution in [-0.2, 0) is 0 Å². The predicted octanol–water partition coefficient (Wildman–Crippen LogP) is 4.73. The normalized spacial score (nSPS) is 10.4. The highest BCUT2D eigenvalue weighted by atomic mass is 79.9. The number of carbonyl (C=O) groups is 1.